The van der Waals surface area contributed by atoms with E-state index < -0.39 is 0 Å². The van der Waals surface area contributed by atoms with Crippen molar-refractivity contribution in [3.8, 4) is 0 Å². The predicted molar refractivity (Wildman–Crippen MR) is 95.8 cm³/mol. The van der Waals surface area contributed by atoms with Gasteiger partial charge in [-0.25, -0.2) is 0 Å². The quantitative estimate of drug-likeness (QED) is 0.925. The molecule has 4 nitrogen and oxygen atoms in total. The molecule has 0 atom stereocenters. The lowest BCUT2D eigenvalue weighted by Gasteiger charge is -2.29. The minimum atomic E-state index is -0.0983. The van der Waals surface area contributed by atoms with Crippen molar-refractivity contribution in [1.29, 1.82) is 0 Å². The number of nitrogens with one attached hydrogen (secondary N) is 1. The number of hydrogen-bond acceptors (Lipinski definition) is 4. The lowest BCUT2D eigenvalue weighted by atomic mass is 9.90. The Labute approximate surface area is 145 Å². The number of benzene rings is 1. The summed E-state index contributed by atoms with van der Waals surface area (Å²) in [6.45, 7) is 5.08. The van der Waals surface area contributed by atoms with Crippen LogP contribution >= 0.6 is 11.8 Å². The molecular formula is C19H21NO3S. The highest BCUT2D eigenvalue weighted by molar-refractivity contribution is 7.99. The van der Waals surface area contributed by atoms with Crippen molar-refractivity contribution < 1.29 is 9.21 Å². The van der Waals surface area contributed by atoms with E-state index in [1.54, 1.807) is 30.0 Å². The smallest absolute Gasteiger partial charge is 0.251 e. The summed E-state index contributed by atoms with van der Waals surface area (Å²) in [7, 11) is 0. The van der Waals surface area contributed by atoms with Gasteiger partial charge in [-0.05, 0) is 42.4 Å². The maximum absolute atomic E-state index is 12.7. The summed E-state index contributed by atoms with van der Waals surface area (Å²) in [6, 6.07) is 5.13. The van der Waals surface area contributed by atoms with E-state index in [9.17, 15) is 9.59 Å². The van der Waals surface area contributed by atoms with Crippen molar-refractivity contribution in [1.82, 2.24) is 5.32 Å². The molecule has 0 radical (unpaired) electrons. The third kappa shape index (κ3) is 2.97. The van der Waals surface area contributed by atoms with Crippen molar-refractivity contribution in [2.45, 2.75) is 38.0 Å². The van der Waals surface area contributed by atoms with E-state index in [1.165, 1.54) is 12.8 Å². The highest BCUT2D eigenvalue weighted by Crippen LogP contribution is 2.39. The summed E-state index contributed by atoms with van der Waals surface area (Å²) in [6.07, 6.45) is 3.15. The van der Waals surface area contributed by atoms with Crippen molar-refractivity contribution in [2.75, 3.05) is 12.3 Å². The molecule has 0 spiro atoms. The largest absolute Gasteiger partial charge is 0.460 e. The van der Waals surface area contributed by atoms with Crippen molar-refractivity contribution in [3.63, 3.8) is 0 Å². The first-order valence-corrected chi connectivity index (χ1v) is 9.42. The summed E-state index contributed by atoms with van der Waals surface area (Å²) < 4.78 is 6.03. The number of carbonyl (C=O) groups excluding carboxylic acids is 1. The molecule has 5 heteroatoms. The Hall–Kier alpha value is -1.75. The van der Waals surface area contributed by atoms with Gasteiger partial charge in [0.1, 0.15) is 11.3 Å². The SMILES string of the molecule is CC1(C)CSc2c(oc3cc(C(=O)NCC4CC4)ccc3c2=O)C1. The van der Waals surface area contributed by atoms with E-state index in [1.807, 2.05) is 0 Å². The first kappa shape index (κ1) is 15.8. The Kier molecular flexibility index (Phi) is 3.71. The molecule has 1 aromatic carbocycles. The van der Waals surface area contributed by atoms with Crippen LogP contribution in [0.15, 0.2) is 32.3 Å². The molecule has 1 fully saturated rings. The summed E-state index contributed by atoms with van der Waals surface area (Å²) >= 11 is 1.58. The molecule has 0 bridgehead atoms. The van der Waals surface area contributed by atoms with Crippen LogP contribution < -0.4 is 10.7 Å². The lowest BCUT2D eigenvalue weighted by molar-refractivity contribution is 0.0951. The van der Waals surface area contributed by atoms with Gasteiger partial charge >= 0.3 is 0 Å². The van der Waals surface area contributed by atoms with E-state index >= 15 is 0 Å². The van der Waals surface area contributed by atoms with E-state index in [0.717, 1.165) is 29.4 Å². The summed E-state index contributed by atoms with van der Waals surface area (Å²) in [5.74, 6) is 2.21. The molecule has 1 amide bonds. The highest BCUT2D eigenvalue weighted by atomic mass is 32.2. The van der Waals surface area contributed by atoms with Gasteiger partial charge in [0.05, 0.1) is 10.3 Å². The van der Waals surface area contributed by atoms with Gasteiger partial charge in [0.2, 0.25) is 5.43 Å². The van der Waals surface area contributed by atoms with Gasteiger partial charge in [-0.3, -0.25) is 9.59 Å². The lowest BCUT2D eigenvalue weighted by Crippen LogP contribution is -2.26. The molecule has 126 valence electrons. The molecule has 2 aliphatic rings. The minimum absolute atomic E-state index is 0.0247. The third-order valence-electron chi connectivity index (χ3n) is 4.68. The zero-order valence-electron chi connectivity index (χ0n) is 14.0. The van der Waals surface area contributed by atoms with Crippen molar-refractivity contribution >= 4 is 28.6 Å². The standard InChI is InChI=1S/C19H21NO3S/c1-19(2)8-15-17(24-10-19)16(21)13-6-5-12(7-14(13)23-15)18(22)20-9-11-3-4-11/h5-7,11H,3-4,8-10H2,1-2H3,(H,20,22). The Morgan fingerprint density at radius 2 is 2.17 bits per heavy atom. The van der Waals surface area contributed by atoms with Crippen LogP contribution in [0.5, 0.6) is 0 Å². The van der Waals surface area contributed by atoms with Crippen LogP contribution in [0.3, 0.4) is 0 Å². The molecule has 1 aliphatic carbocycles. The second-order valence-corrected chi connectivity index (χ2v) is 8.66. The van der Waals surface area contributed by atoms with Gasteiger partial charge in [-0.15, -0.1) is 11.8 Å². The number of hydrogen-bond donors (Lipinski definition) is 1. The number of carbonyl (C=O) groups is 1. The van der Waals surface area contributed by atoms with Gasteiger partial charge in [-0.1, -0.05) is 13.8 Å². The van der Waals surface area contributed by atoms with Crippen LogP contribution in [0, 0.1) is 11.3 Å². The van der Waals surface area contributed by atoms with E-state index in [4.69, 9.17) is 4.42 Å². The summed E-state index contributed by atoms with van der Waals surface area (Å²) in [4.78, 5) is 25.7. The van der Waals surface area contributed by atoms with Crippen molar-refractivity contribution in [2.24, 2.45) is 11.3 Å². The maximum atomic E-state index is 12.7. The zero-order valence-corrected chi connectivity index (χ0v) is 14.8. The zero-order chi connectivity index (χ0) is 16.9. The fourth-order valence-corrected chi connectivity index (χ4v) is 4.19. The average Bonchev–Trinajstić information content (AvgIpc) is 3.35. The normalized spacial score (nSPS) is 19.1. The molecular weight excluding hydrogens is 322 g/mol. The predicted octanol–water partition coefficient (Wildman–Crippen LogP) is 3.61. The number of fused-ring (bicyclic) bond motifs is 2. The highest BCUT2D eigenvalue weighted by Gasteiger charge is 2.30. The molecule has 2 heterocycles. The Balaban J connectivity index is 1.71. The van der Waals surface area contributed by atoms with Crippen molar-refractivity contribution in [3.05, 3.63) is 39.7 Å². The average molecular weight is 343 g/mol. The second kappa shape index (κ2) is 5.66. The van der Waals surface area contributed by atoms with Gasteiger partial charge in [-0.2, -0.15) is 0 Å². The Morgan fingerprint density at radius 3 is 2.92 bits per heavy atom. The van der Waals surface area contributed by atoms with E-state index in [-0.39, 0.29) is 16.8 Å². The monoisotopic (exact) mass is 343 g/mol. The number of thioether (sulfide) groups is 1. The number of rotatable bonds is 3. The van der Waals surface area contributed by atoms with Crippen LogP contribution in [0.25, 0.3) is 11.0 Å². The van der Waals surface area contributed by atoms with Crippen LogP contribution in [0.2, 0.25) is 0 Å². The fourth-order valence-electron chi connectivity index (χ4n) is 3.04. The Bertz CT molecular complexity index is 880. The van der Waals surface area contributed by atoms with Gasteiger partial charge in [0.15, 0.2) is 0 Å². The van der Waals surface area contributed by atoms with Crippen LogP contribution in [-0.4, -0.2) is 18.2 Å². The van der Waals surface area contributed by atoms with Crippen LogP contribution in [0.1, 0.15) is 42.8 Å². The molecule has 1 aromatic heterocycles. The molecule has 0 unspecified atom stereocenters. The summed E-state index contributed by atoms with van der Waals surface area (Å²) in [5, 5.41) is 3.51. The molecule has 0 saturated heterocycles. The topological polar surface area (TPSA) is 59.3 Å². The van der Waals surface area contributed by atoms with Crippen LogP contribution in [-0.2, 0) is 6.42 Å². The van der Waals surface area contributed by atoms with E-state index in [0.29, 0.717) is 22.5 Å². The van der Waals surface area contributed by atoms with Gasteiger partial charge in [0, 0.05) is 24.3 Å². The molecule has 24 heavy (non-hydrogen) atoms. The molecule has 1 saturated carbocycles. The van der Waals surface area contributed by atoms with Gasteiger partial charge < -0.3 is 9.73 Å². The maximum Gasteiger partial charge on any atom is 0.251 e. The van der Waals surface area contributed by atoms with Crippen LogP contribution in [0.4, 0.5) is 0 Å². The third-order valence-corrected chi connectivity index (χ3v) is 6.30. The second-order valence-electron chi connectivity index (χ2n) is 7.68. The molecule has 2 aromatic rings. The minimum Gasteiger partial charge on any atom is -0.460 e. The fraction of sp³-hybridized carbons (Fsp3) is 0.474. The van der Waals surface area contributed by atoms with Gasteiger partial charge in [0.25, 0.3) is 5.91 Å². The molecule has 1 N–H and O–H groups in total. The number of amides is 1. The van der Waals surface area contributed by atoms with E-state index in [2.05, 4.69) is 19.2 Å². The first-order valence-electron chi connectivity index (χ1n) is 8.44. The molecule has 4 rings (SSSR count). The molecule has 1 aliphatic heterocycles. The summed E-state index contributed by atoms with van der Waals surface area (Å²) in [5.41, 5.74) is 1.20. The first-order chi connectivity index (χ1) is 11.4. The Morgan fingerprint density at radius 1 is 1.38 bits per heavy atom.